The minimum Gasteiger partial charge on any atom is -0.491 e. The minimum absolute atomic E-state index is 0.214. The first-order chi connectivity index (χ1) is 9.43. The predicted octanol–water partition coefficient (Wildman–Crippen LogP) is 5.31. The van der Waals surface area contributed by atoms with Crippen molar-refractivity contribution in [1.29, 1.82) is 0 Å². The first-order valence-electron chi connectivity index (χ1n) is 7.30. The van der Waals surface area contributed by atoms with E-state index in [1.54, 1.807) is 0 Å². The second kappa shape index (κ2) is 9.06. The summed E-state index contributed by atoms with van der Waals surface area (Å²) < 4.78 is 7.87. The fourth-order valence-corrected chi connectivity index (χ4v) is 3.49. The van der Waals surface area contributed by atoms with Gasteiger partial charge in [0.1, 0.15) is 5.75 Å². The number of halogens is 2. The van der Waals surface area contributed by atoms with E-state index in [-0.39, 0.29) is 6.04 Å². The zero-order valence-corrected chi connectivity index (χ0v) is 15.8. The molecule has 0 saturated carbocycles. The van der Waals surface area contributed by atoms with Crippen LogP contribution in [0.4, 0.5) is 0 Å². The average molecular weight is 407 g/mol. The number of hydrogen-bond acceptors (Lipinski definition) is 2. The Morgan fingerprint density at radius 3 is 2.30 bits per heavy atom. The van der Waals surface area contributed by atoms with Gasteiger partial charge in [0.15, 0.2) is 0 Å². The molecule has 0 heterocycles. The molecule has 0 aromatic heterocycles. The summed E-state index contributed by atoms with van der Waals surface area (Å²) in [5.41, 5.74) is 7.24. The summed E-state index contributed by atoms with van der Waals surface area (Å²) in [5.74, 6) is 1.62. The van der Waals surface area contributed by atoms with Crippen LogP contribution in [-0.2, 0) is 6.42 Å². The van der Waals surface area contributed by atoms with Gasteiger partial charge in [0, 0.05) is 6.04 Å². The third-order valence-electron chi connectivity index (χ3n) is 3.25. The fourth-order valence-electron chi connectivity index (χ4n) is 1.98. The standard InChI is InChI=1S/C16H25Br2NO/c1-4-13(19)8-12-9-14(17)16(15(18)10-12)20-7-5-6-11(2)3/h9-11,13H,4-8,19H2,1-3H3. The summed E-state index contributed by atoms with van der Waals surface area (Å²) in [6.45, 7) is 7.33. The van der Waals surface area contributed by atoms with Gasteiger partial charge in [-0.25, -0.2) is 0 Å². The van der Waals surface area contributed by atoms with Crippen LogP contribution in [0.2, 0.25) is 0 Å². The molecule has 1 rings (SSSR count). The van der Waals surface area contributed by atoms with E-state index < -0.39 is 0 Å². The molecule has 0 aliphatic carbocycles. The third-order valence-corrected chi connectivity index (χ3v) is 4.43. The fraction of sp³-hybridized carbons (Fsp3) is 0.625. The summed E-state index contributed by atoms with van der Waals surface area (Å²) in [5, 5.41) is 0. The normalized spacial score (nSPS) is 12.8. The molecule has 1 aromatic rings. The Morgan fingerprint density at radius 1 is 1.20 bits per heavy atom. The summed E-state index contributed by atoms with van der Waals surface area (Å²) in [7, 11) is 0. The van der Waals surface area contributed by atoms with Crippen molar-refractivity contribution < 1.29 is 4.74 Å². The first kappa shape index (κ1) is 18.0. The SMILES string of the molecule is CCC(N)Cc1cc(Br)c(OCCCC(C)C)c(Br)c1. The largest absolute Gasteiger partial charge is 0.491 e. The van der Waals surface area contributed by atoms with E-state index in [0.717, 1.165) is 46.5 Å². The van der Waals surface area contributed by atoms with Gasteiger partial charge in [0.05, 0.1) is 15.6 Å². The van der Waals surface area contributed by atoms with E-state index in [1.165, 1.54) is 12.0 Å². The van der Waals surface area contributed by atoms with E-state index in [2.05, 4.69) is 64.8 Å². The second-order valence-electron chi connectivity index (χ2n) is 5.65. The van der Waals surface area contributed by atoms with Crippen molar-refractivity contribution in [2.24, 2.45) is 11.7 Å². The molecular weight excluding hydrogens is 382 g/mol. The second-order valence-corrected chi connectivity index (χ2v) is 7.35. The van der Waals surface area contributed by atoms with Gasteiger partial charge in [-0.05, 0) is 81.2 Å². The average Bonchev–Trinajstić information content (AvgIpc) is 2.36. The third kappa shape index (κ3) is 6.15. The van der Waals surface area contributed by atoms with Crippen molar-refractivity contribution in [3.05, 3.63) is 26.6 Å². The van der Waals surface area contributed by atoms with Crippen molar-refractivity contribution in [2.45, 2.75) is 52.5 Å². The maximum Gasteiger partial charge on any atom is 0.147 e. The van der Waals surface area contributed by atoms with Gasteiger partial charge >= 0.3 is 0 Å². The van der Waals surface area contributed by atoms with Crippen LogP contribution in [0, 0.1) is 5.92 Å². The highest BCUT2D eigenvalue weighted by atomic mass is 79.9. The number of benzene rings is 1. The van der Waals surface area contributed by atoms with Crippen LogP contribution in [-0.4, -0.2) is 12.6 Å². The van der Waals surface area contributed by atoms with Crippen molar-refractivity contribution in [3.63, 3.8) is 0 Å². The maximum atomic E-state index is 6.01. The number of ether oxygens (including phenoxy) is 1. The van der Waals surface area contributed by atoms with Gasteiger partial charge in [-0.1, -0.05) is 20.8 Å². The van der Waals surface area contributed by atoms with Crippen molar-refractivity contribution in [1.82, 2.24) is 0 Å². The maximum absolute atomic E-state index is 6.01. The topological polar surface area (TPSA) is 35.2 Å². The number of nitrogens with two attached hydrogens (primary N) is 1. The van der Waals surface area contributed by atoms with E-state index in [0.29, 0.717) is 0 Å². The molecule has 0 radical (unpaired) electrons. The zero-order valence-electron chi connectivity index (χ0n) is 12.6. The molecule has 0 spiro atoms. The molecule has 2 nitrogen and oxygen atoms in total. The van der Waals surface area contributed by atoms with Crippen LogP contribution in [0.25, 0.3) is 0 Å². The van der Waals surface area contributed by atoms with E-state index >= 15 is 0 Å². The Balaban J connectivity index is 2.64. The molecule has 0 fully saturated rings. The Kier molecular flexibility index (Phi) is 8.15. The lowest BCUT2D eigenvalue weighted by Crippen LogP contribution is -2.21. The lowest BCUT2D eigenvalue weighted by Gasteiger charge is -2.14. The van der Waals surface area contributed by atoms with E-state index in [1.807, 2.05) is 0 Å². The highest BCUT2D eigenvalue weighted by Crippen LogP contribution is 2.35. The Hall–Kier alpha value is -0.0600. The summed E-state index contributed by atoms with van der Waals surface area (Å²) in [6, 6.07) is 4.43. The highest BCUT2D eigenvalue weighted by molar-refractivity contribution is 9.11. The Morgan fingerprint density at radius 2 is 1.80 bits per heavy atom. The minimum atomic E-state index is 0.214. The molecule has 114 valence electrons. The molecule has 0 bridgehead atoms. The van der Waals surface area contributed by atoms with E-state index in [9.17, 15) is 0 Å². The van der Waals surface area contributed by atoms with Crippen LogP contribution < -0.4 is 10.5 Å². The van der Waals surface area contributed by atoms with E-state index in [4.69, 9.17) is 10.5 Å². The molecule has 0 saturated heterocycles. The lowest BCUT2D eigenvalue weighted by molar-refractivity contribution is 0.294. The van der Waals surface area contributed by atoms with Crippen molar-refractivity contribution >= 4 is 31.9 Å². The highest BCUT2D eigenvalue weighted by Gasteiger charge is 2.11. The summed E-state index contributed by atoms with van der Waals surface area (Å²) in [4.78, 5) is 0. The molecule has 20 heavy (non-hydrogen) atoms. The molecule has 4 heteroatoms. The molecule has 0 aliphatic rings. The number of rotatable bonds is 8. The monoisotopic (exact) mass is 405 g/mol. The van der Waals surface area contributed by atoms with Crippen LogP contribution in [0.3, 0.4) is 0 Å². The van der Waals surface area contributed by atoms with Crippen molar-refractivity contribution in [2.75, 3.05) is 6.61 Å². The zero-order chi connectivity index (χ0) is 15.1. The van der Waals surface area contributed by atoms with Crippen molar-refractivity contribution in [3.8, 4) is 5.75 Å². The van der Waals surface area contributed by atoms with Crippen LogP contribution in [0.1, 0.15) is 45.6 Å². The Bertz CT molecular complexity index is 398. The van der Waals surface area contributed by atoms with Gasteiger partial charge in [-0.15, -0.1) is 0 Å². The summed E-state index contributed by atoms with van der Waals surface area (Å²) in [6.07, 6.45) is 4.15. The van der Waals surface area contributed by atoms with Gasteiger partial charge in [-0.2, -0.15) is 0 Å². The first-order valence-corrected chi connectivity index (χ1v) is 8.88. The van der Waals surface area contributed by atoms with Gasteiger partial charge < -0.3 is 10.5 Å². The molecule has 1 unspecified atom stereocenters. The van der Waals surface area contributed by atoms with Gasteiger partial charge in [0.25, 0.3) is 0 Å². The number of hydrogen-bond donors (Lipinski definition) is 1. The molecule has 1 aromatic carbocycles. The van der Waals surface area contributed by atoms with Gasteiger partial charge in [0.2, 0.25) is 0 Å². The van der Waals surface area contributed by atoms with Crippen LogP contribution in [0.5, 0.6) is 5.75 Å². The Labute approximate surface area is 139 Å². The predicted molar refractivity (Wildman–Crippen MR) is 93.4 cm³/mol. The molecular formula is C16H25Br2NO. The summed E-state index contributed by atoms with van der Waals surface area (Å²) >= 11 is 7.19. The van der Waals surface area contributed by atoms with Crippen LogP contribution >= 0.6 is 31.9 Å². The van der Waals surface area contributed by atoms with Gasteiger partial charge in [-0.3, -0.25) is 0 Å². The smallest absolute Gasteiger partial charge is 0.147 e. The quantitative estimate of drug-likeness (QED) is 0.594. The molecule has 1 atom stereocenters. The lowest BCUT2D eigenvalue weighted by atomic mass is 10.0. The molecule has 2 N–H and O–H groups in total. The van der Waals surface area contributed by atoms with Crippen LogP contribution in [0.15, 0.2) is 21.1 Å². The molecule has 0 amide bonds. The molecule has 0 aliphatic heterocycles.